The number of nitrogens with two attached hydrogens (primary N) is 1. The van der Waals surface area contributed by atoms with Crippen LogP contribution in [0.4, 0.5) is 15.8 Å². The summed E-state index contributed by atoms with van der Waals surface area (Å²) in [4.78, 5) is 18.6. The third-order valence-corrected chi connectivity index (χ3v) is 5.83. The van der Waals surface area contributed by atoms with Gasteiger partial charge in [-0.05, 0) is 24.3 Å². The fourth-order valence-corrected chi connectivity index (χ4v) is 4.07. The molecule has 1 saturated heterocycles. The van der Waals surface area contributed by atoms with Crippen LogP contribution in [0.15, 0.2) is 35.1 Å². The lowest BCUT2D eigenvalue weighted by Gasteiger charge is -2.45. The Labute approximate surface area is 179 Å². The minimum atomic E-state index is -1.10. The maximum atomic E-state index is 15.4. The molecule has 2 heterocycles. The number of likely N-dealkylation sites (tertiary alicyclic amines) is 1. The van der Waals surface area contributed by atoms with E-state index in [4.69, 9.17) is 17.3 Å². The van der Waals surface area contributed by atoms with Crippen molar-refractivity contribution in [3.63, 3.8) is 0 Å². The smallest absolute Gasteiger partial charge is 0.256 e. The maximum Gasteiger partial charge on any atom is 0.256 e. The van der Waals surface area contributed by atoms with Crippen molar-refractivity contribution in [3.8, 4) is 0 Å². The van der Waals surface area contributed by atoms with Crippen LogP contribution in [0.3, 0.4) is 0 Å². The highest BCUT2D eigenvalue weighted by molar-refractivity contribution is 9.10. The molecule has 2 aromatic carbocycles. The first kappa shape index (κ1) is 20.1. The second-order valence-electron chi connectivity index (χ2n) is 7.18. The number of carbonyl (C=O) groups is 1. The van der Waals surface area contributed by atoms with Gasteiger partial charge in [-0.1, -0.05) is 27.5 Å². The lowest BCUT2D eigenvalue weighted by Crippen LogP contribution is -2.66. The summed E-state index contributed by atoms with van der Waals surface area (Å²) >= 11 is 9.60. The zero-order valence-corrected chi connectivity index (χ0v) is 17.8. The molecule has 0 bridgehead atoms. The Bertz CT molecular complexity index is 1130. The molecule has 7 nitrogen and oxygen atoms in total. The molecular formula is C19H18BrClFN5O2. The molecule has 1 aliphatic rings. The summed E-state index contributed by atoms with van der Waals surface area (Å²) in [6, 6.07) is 6.69. The van der Waals surface area contributed by atoms with E-state index in [-0.39, 0.29) is 36.4 Å². The van der Waals surface area contributed by atoms with Crippen molar-refractivity contribution in [3.05, 3.63) is 51.5 Å². The van der Waals surface area contributed by atoms with Crippen molar-refractivity contribution in [2.75, 3.05) is 25.0 Å². The minimum Gasteiger partial charge on any atom is -0.385 e. The number of benzene rings is 2. The number of β-amino-alcohol motifs (C(OH)–C–C–N with tert-alkyl or cyclic N) is 1. The fourth-order valence-electron chi connectivity index (χ4n) is 3.35. The fraction of sp³-hybridized carbons (Fsp3) is 0.263. The Morgan fingerprint density at radius 1 is 1.45 bits per heavy atom. The standard InChI is InChI=1S/C19H18BrClFN5O2/c1-26-9-24-17-14(26)5-11(18(28)27-7-19(29,6-23)8-27)16(15(17)22)25-13-3-2-10(20)4-12(13)21/h2-5,9,25,29H,6-8,23H2,1H3. The minimum absolute atomic E-state index is 0.0198. The Morgan fingerprint density at radius 3 is 2.83 bits per heavy atom. The van der Waals surface area contributed by atoms with Gasteiger partial charge in [0.15, 0.2) is 5.82 Å². The van der Waals surface area contributed by atoms with Gasteiger partial charge in [0.1, 0.15) is 11.1 Å². The van der Waals surface area contributed by atoms with E-state index in [2.05, 4.69) is 26.2 Å². The van der Waals surface area contributed by atoms with E-state index in [1.54, 1.807) is 35.9 Å². The van der Waals surface area contributed by atoms with Crippen molar-refractivity contribution < 1.29 is 14.3 Å². The molecular weight excluding hydrogens is 465 g/mol. The highest BCUT2D eigenvalue weighted by Crippen LogP contribution is 2.35. The monoisotopic (exact) mass is 481 g/mol. The van der Waals surface area contributed by atoms with E-state index in [1.807, 2.05) is 0 Å². The van der Waals surface area contributed by atoms with Crippen LogP contribution in [0.5, 0.6) is 0 Å². The van der Waals surface area contributed by atoms with Crippen LogP contribution < -0.4 is 11.1 Å². The molecule has 0 radical (unpaired) electrons. The maximum absolute atomic E-state index is 15.4. The molecule has 29 heavy (non-hydrogen) atoms. The molecule has 0 unspecified atom stereocenters. The summed E-state index contributed by atoms with van der Waals surface area (Å²) in [5.41, 5.74) is 5.61. The van der Waals surface area contributed by atoms with Crippen LogP contribution in [0.25, 0.3) is 11.0 Å². The zero-order valence-electron chi connectivity index (χ0n) is 15.4. The molecule has 1 amide bonds. The molecule has 3 aromatic rings. The number of amides is 1. The van der Waals surface area contributed by atoms with E-state index in [1.165, 1.54) is 11.2 Å². The van der Waals surface area contributed by atoms with E-state index in [9.17, 15) is 9.90 Å². The molecule has 10 heteroatoms. The Kier molecular flexibility index (Phi) is 5.02. The van der Waals surface area contributed by atoms with Gasteiger partial charge in [0.25, 0.3) is 5.91 Å². The van der Waals surface area contributed by atoms with Gasteiger partial charge in [-0.25, -0.2) is 9.37 Å². The summed E-state index contributed by atoms with van der Waals surface area (Å²) in [6.45, 7) is 0.225. The van der Waals surface area contributed by atoms with Gasteiger partial charge in [-0.15, -0.1) is 0 Å². The lowest BCUT2D eigenvalue weighted by molar-refractivity contribution is -0.0734. The van der Waals surface area contributed by atoms with Gasteiger partial charge in [-0.3, -0.25) is 4.79 Å². The zero-order chi connectivity index (χ0) is 20.9. The number of carbonyl (C=O) groups excluding carboxylic acids is 1. The highest BCUT2D eigenvalue weighted by Gasteiger charge is 2.43. The highest BCUT2D eigenvalue weighted by atomic mass is 79.9. The number of fused-ring (bicyclic) bond motifs is 1. The van der Waals surface area contributed by atoms with E-state index >= 15 is 4.39 Å². The largest absolute Gasteiger partial charge is 0.385 e. The predicted molar refractivity (Wildman–Crippen MR) is 113 cm³/mol. The summed E-state index contributed by atoms with van der Waals surface area (Å²) in [6.07, 6.45) is 1.48. The van der Waals surface area contributed by atoms with Gasteiger partial charge in [0.2, 0.25) is 0 Å². The Balaban J connectivity index is 1.80. The number of aromatic nitrogens is 2. The van der Waals surface area contributed by atoms with E-state index in [0.29, 0.717) is 16.2 Å². The molecule has 0 atom stereocenters. The molecule has 0 spiro atoms. The molecule has 4 N–H and O–H groups in total. The van der Waals surface area contributed by atoms with Gasteiger partial charge < -0.3 is 25.6 Å². The number of nitrogens with zero attached hydrogens (tertiary/aromatic N) is 3. The third kappa shape index (κ3) is 3.48. The molecule has 4 rings (SSSR count). The van der Waals surface area contributed by atoms with Crippen molar-refractivity contribution in [2.45, 2.75) is 5.60 Å². The van der Waals surface area contributed by atoms with Crippen LogP contribution >= 0.6 is 27.5 Å². The quantitative estimate of drug-likeness (QED) is 0.531. The number of hydrogen-bond acceptors (Lipinski definition) is 5. The van der Waals surface area contributed by atoms with Crippen molar-refractivity contribution in [2.24, 2.45) is 12.8 Å². The van der Waals surface area contributed by atoms with Gasteiger partial charge >= 0.3 is 0 Å². The summed E-state index contributed by atoms with van der Waals surface area (Å²) < 4.78 is 17.8. The van der Waals surface area contributed by atoms with Gasteiger partial charge in [0, 0.05) is 18.1 Å². The second-order valence-corrected chi connectivity index (χ2v) is 8.50. The van der Waals surface area contributed by atoms with Crippen LogP contribution in [-0.4, -0.2) is 50.7 Å². The SMILES string of the molecule is Cn1cnc2c(F)c(Nc3ccc(Br)cc3Cl)c(C(=O)N3CC(O)(CN)C3)cc21. The summed E-state index contributed by atoms with van der Waals surface area (Å²) in [5, 5.41) is 13.5. The Morgan fingerprint density at radius 2 is 2.17 bits per heavy atom. The van der Waals surface area contributed by atoms with Crippen LogP contribution in [-0.2, 0) is 7.05 Å². The number of halogens is 3. The predicted octanol–water partition coefficient (Wildman–Crippen LogP) is 3.02. The third-order valence-electron chi connectivity index (χ3n) is 5.02. The van der Waals surface area contributed by atoms with Crippen molar-refractivity contribution >= 4 is 55.8 Å². The number of imidazole rings is 1. The molecule has 1 fully saturated rings. The first-order valence-corrected chi connectivity index (χ1v) is 9.97. The van der Waals surface area contributed by atoms with Crippen LogP contribution in [0.1, 0.15) is 10.4 Å². The van der Waals surface area contributed by atoms with Gasteiger partial charge in [0.05, 0.1) is 46.9 Å². The molecule has 1 aliphatic heterocycles. The Hall–Kier alpha value is -2.20. The first-order valence-electron chi connectivity index (χ1n) is 8.80. The first-order chi connectivity index (χ1) is 13.7. The van der Waals surface area contributed by atoms with Crippen molar-refractivity contribution in [1.82, 2.24) is 14.5 Å². The van der Waals surface area contributed by atoms with E-state index in [0.717, 1.165) is 4.47 Å². The molecule has 0 aliphatic carbocycles. The number of anilines is 2. The number of aliphatic hydroxyl groups is 1. The molecule has 0 saturated carbocycles. The number of nitrogens with one attached hydrogen (secondary N) is 1. The second kappa shape index (κ2) is 7.24. The van der Waals surface area contributed by atoms with E-state index < -0.39 is 17.3 Å². The summed E-state index contributed by atoms with van der Waals surface area (Å²) in [5.74, 6) is -1.07. The van der Waals surface area contributed by atoms with Crippen molar-refractivity contribution in [1.29, 1.82) is 0 Å². The lowest BCUT2D eigenvalue weighted by atomic mass is 9.93. The number of rotatable bonds is 4. The van der Waals surface area contributed by atoms with Gasteiger partial charge in [-0.2, -0.15) is 0 Å². The number of aryl methyl sites for hydroxylation is 1. The average molecular weight is 483 g/mol. The molecule has 152 valence electrons. The topological polar surface area (TPSA) is 96.4 Å². The molecule has 1 aromatic heterocycles. The van der Waals surface area contributed by atoms with Crippen LogP contribution in [0.2, 0.25) is 5.02 Å². The normalized spacial score (nSPS) is 15.4. The summed E-state index contributed by atoms with van der Waals surface area (Å²) in [7, 11) is 1.72. The average Bonchev–Trinajstić information content (AvgIpc) is 3.03. The van der Waals surface area contributed by atoms with Crippen LogP contribution in [0, 0.1) is 5.82 Å². The number of hydrogen-bond donors (Lipinski definition) is 3.